The highest BCUT2D eigenvalue weighted by molar-refractivity contribution is 7.15. The highest BCUT2D eigenvalue weighted by Gasteiger charge is 2.16. The Morgan fingerprint density at radius 2 is 2.07 bits per heavy atom. The number of benzene rings is 1. The molecule has 14 heavy (non-hydrogen) atoms. The number of rotatable bonds is 1. The van der Waals surface area contributed by atoms with Crippen LogP contribution in [0.5, 0.6) is 0 Å². The molecule has 2 aromatic rings. The van der Waals surface area contributed by atoms with Crippen molar-refractivity contribution in [1.82, 2.24) is 4.34 Å². The van der Waals surface area contributed by atoms with Crippen LogP contribution in [-0.2, 0) is 0 Å². The van der Waals surface area contributed by atoms with Crippen molar-refractivity contribution in [3.05, 3.63) is 35.5 Å². The highest BCUT2D eigenvalue weighted by atomic mass is 31.0. The third-order valence-corrected chi connectivity index (χ3v) is 3.04. The molecule has 1 heterocycles. The molecule has 0 bridgehead atoms. The molecule has 1 unspecified atom stereocenters. The van der Waals surface area contributed by atoms with Gasteiger partial charge in [0.2, 0.25) is 0 Å². The van der Waals surface area contributed by atoms with Crippen molar-refractivity contribution >= 4 is 26.3 Å². The summed E-state index contributed by atoms with van der Waals surface area (Å²) in [7, 11) is 2.52. The van der Waals surface area contributed by atoms with E-state index in [1.807, 2.05) is 28.6 Å². The van der Waals surface area contributed by atoms with Gasteiger partial charge in [-0.2, -0.15) is 0 Å². The van der Waals surface area contributed by atoms with Crippen LogP contribution in [-0.4, -0.2) is 15.4 Å². The fourth-order valence-corrected chi connectivity index (χ4v) is 2.02. The first kappa shape index (κ1) is 9.22. The van der Waals surface area contributed by atoms with Gasteiger partial charge in [0.05, 0.1) is 11.1 Å². The van der Waals surface area contributed by atoms with Crippen LogP contribution in [0.25, 0.3) is 10.9 Å². The minimum absolute atomic E-state index is 0.385. The summed E-state index contributed by atoms with van der Waals surface area (Å²) < 4.78 is 1.82. The largest absolute Gasteiger partial charge is 0.478 e. The maximum atomic E-state index is 11.0. The number of para-hydroxylation sites is 1. The van der Waals surface area contributed by atoms with E-state index in [0.29, 0.717) is 5.56 Å². The predicted octanol–water partition coefficient (Wildman–Crippen LogP) is 2.29. The van der Waals surface area contributed by atoms with Crippen LogP contribution in [0.4, 0.5) is 0 Å². The Labute approximate surface area is 83.6 Å². The van der Waals surface area contributed by atoms with E-state index in [2.05, 4.69) is 9.39 Å². The lowest BCUT2D eigenvalue weighted by Crippen LogP contribution is -1.97. The number of carboxylic acid groups (broad SMARTS) is 1. The summed E-state index contributed by atoms with van der Waals surface area (Å²) in [6, 6.07) is 7.47. The first-order chi connectivity index (χ1) is 6.63. The van der Waals surface area contributed by atoms with Gasteiger partial charge in [-0.3, -0.25) is 0 Å². The summed E-state index contributed by atoms with van der Waals surface area (Å²) in [5.74, 6) is -0.875. The van der Waals surface area contributed by atoms with Gasteiger partial charge in [-0.15, -0.1) is 0 Å². The van der Waals surface area contributed by atoms with Crippen molar-refractivity contribution in [2.45, 2.75) is 6.92 Å². The summed E-state index contributed by atoms with van der Waals surface area (Å²) >= 11 is 0. The quantitative estimate of drug-likeness (QED) is 0.729. The van der Waals surface area contributed by atoms with Crippen LogP contribution in [0, 0.1) is 6.92 Å². The zero-order valence-corrected chi connectivity index (χ0v) is 8.84. The van der Waals surface area contributed by atoms with Gasteiger partial charge in [0.25, 0.3) is 0 Å². The lowest BCUT2D eigenvalue weighted by Gasteiger charge is -1.96. The van der Waals surface area contributed by atoms with Gasteiger partial charge in [-0.1, -0.05) is 18.2 Å². The van der Waals surface area contributed by atoms with Crippen LogP contribution >= 0.6 is 9.39 Å². The minimum Gasteiger partial charge on any atom is -0.478 e. The topological polar surface area (TPSA) is 42.2 Å². The Hall–Kier alpha value is -1.34. The number of hydrogen-bond donors (Lipinski definition) is 1. The molecule has 0 aliphatic carbocycles. The third-order valence-electron chi connectivity index (χ3n) is 2.37. The van der Waals surface area contributed by atoms with Crippen molar-refractivity contribution in [1.29, 1.82) is 0 Å². The molecule has 0 saturated heterocycles. The zero-order chi connectivity index (χ0) is 10.3. The first-order valence-electron chi connectivity index (χ1n) is 4.21. The summed E-state index contributed by atoms with van der Waals surface area (Å²) in [6.07, 6.45) is 0. The SMILES string of the molecule is Cc1c(C(=O)O)c2ccccc2n1P. The molecule has 0 fully saturated rings. The van der Waals surface area contributed by atoms with E-state index in [0.717, 1.165) is 16.6 Å². The molecular weight excluding hydrogens is 197 g/mol. The molecule has 0 saturated carbocycles. The van der Waals surface area contributed by atoms with E-state index in [4.69, 9.17) is 5.11 Å². The number of hydrogen-bond acceptors (Lipinski definition) is 1. The van der Waals surface area contributed by atoms with E-state index in [1.54, 1.807) is 6.92 Å². The summed E-state index contributed by atoms with van der Waals surface area (Å²) in [6.45, 7) is 1.80. The van der Waals surface area contributed by atoms with Crippen molar-refractivity contribution in [3.63, 3.8) is 0 Å². The fraction of sp³-hybridized carbons (Fsp3) is 0.100. The first-order valence-corrected chi connectivity index (χ1v) is 4.73. The van der Waals surface area contributed by atoms with Gasteiger partial charge in [0.1, 0.15) is 0 Å². The van der Waals surface area contributed by atoms with E-state index in [-0.39, 0.29) is 0 Å². The fourth-order valence-electron chi connectivity index (χ4n) is 1.66. The lowest BCUT2D eigenvalue weighted by molar-refractivity contribution is 0.0698. The highest BCUT2D eigenvalue weighted by Crippen LogP contribution is 2.27. The van der Waals surface area contributed by atoms with E-state index < -0.39 is 5.97 Å². The second kappa shape index (κ2) is 3.10. The molecule has 3 nitrogen and oxygen atoms in total. The average molecular weight is 207 g/mol. The Bertz CT molecular complexity index is 516. The average Bonchev–Trinajstić information content (AvgIpc) is 2.41. The molecule has 0 aliphatic heterocycles. The number of carbonyl (C=O) groups is 1. The van der Waals surface area contributed by atoms with E-state index in [9.17, 15) is 4.79 Å². The Balaban J connectivity index is 2.95. The summed E-state index contributed by atoms with van der Waals surface area (Å²) in [4.78, 5) is 11.0. The molecule has 1 N–H and O–H groups in total. The molecule has 0 aliphatic rings. The number of fused-ring (bicyclic) bond motifs is 1. The second-order valence-corrected chi connectivity index (χ2v) is 3.67. The molecule has 1 atom stereocenters. The third kappa shape index (κ3) is 1.13. The van der Waals surface area contributed by atoms with Crippen LogP contribution in [0.15, 0.2) is 24.3 Å². The van der Waals surface area contributed by atoms with Crippen LogP contribution in [0.3, 0.4) is 0 Å². The Morgan fingerprint density at radius 3 is 2.71 bits per heavy atom. The normalized spacial score (nSPS) is 10.7. The van der Waals surface area contributed by atoms with Crippen molar-refractivity contribution in [3.8, 4) is 0 Å². The van der Waals surface area contributed by atoms with Crippen LogP contribution < -0.4 is 0 Å². The molecular formula is C10H10NO2P. The Kier molecular flexibility index (Phi) is 2.05. The molecule has 72 valence electrons. The molecule has 2 rings (SSSR count). The van der Waals surface area contributed by atoms with Gasteiger partial charge in [-0.05, 0) is 22.4 Å². The van der Waals surface area contributed by atoms with E-state index >= 15 is 0 Å². The predicted molar refractivity (Wildman–Crippen MR) is 58.7 cm³/mol. The molecule has 0 spiro atoms. The molecule has 1 aromatic heterocycles. The monoisotopic (exact) mass is 207 g/mol. The summed E-state index contributed by atoms with van der Waals surface area (Å²) in [5, 5.41) is 9.84. The van der Waals surface area contributed by atoms with Gasteiger partial charge in [0.15, 0.2) is 0 Å². The van der Waals surface area contributed by atoms with E-state index in [1.165, 1.54) is 0 Å². The number of carboxylic acids is 1. The molecule has 4 heteroatoms. The van der Waals surface area contributed by atoms with Gasteiger partial charge >= 0.3 is 5.97 Å². The number of nitrogens with zero attached hydrogens (tertiary/aromatic N) is 1. The van der Waals surface area contributed by atoms with Crippen molar-refractivity contribution in [2.75, 3.05) is 0 Å². The van der Waals surface area contributed by atoms with Crippen LogP contribution in [0.1, 0.15) is 16.1 Å². The van der Waals surface area contributed by atoms with Gasteiger partial charge in [-0.25, -0.2) is 4.79 Å². The number of aromatic carboxylic acids is 1. The standard InChI is InChI=1S/C10H10NO2P/c1-6-9(10(12)13)7-4-2-3-5-8(7)11(6)14/h2-5H,14H2,1H3,(H,12,13). The maximum absolute atomic E-state index is 11.0. The maximum Gasteiger partial charge on any atom is 0.338 e. The second-order valence-electron chi connectivity index (χ2n) is 3.15. The van der Waals surface area contributed by atoms with Gasteiger partial charge in [0, 0.05) is 11.1 Å². The lowest BCUT2D eigenvalue weighted by atomic mass is 10.1. The smallest absolute Gasteiger partial charge is 0.338 e. The van der Waals surface area contributed by atoms with Gasteiger partial charge < -0.3 is 9.44 Å². The summed E-state index contributed by atoms with van der Waals surface area (Å²) in [5.41, 5.74) is 2.06. The number of aromatic nitrogens is 1. The zero-order valence-electron chi connectivity index (χ0n) is 7.69. The van der Waals surface area contributed by atoms with Crippen molar-refractivity contribution in [2.24, 2.45) is 0 Å². The van der Waals surface area contributed by atoms with Crippen molar-refractivity contribution < 1.29 is 9.90 Å². The Morgan fingerprint density at radius 1 is 1.43 bits per heavy atom. The molecule has 0 amide bonds. The minimum atomic E-state index is -0.875. The molecule has 0 radical (unpaired) electrons. The molecule has 1 aromatic carbocycles. The van der Waals surface area contributed by atoms with Crippen LogP contribution in [0.2, 0.25) is 0 Å².